The van der Waals surface area contributed by atoms with E-state index >= 15 is 0 Å². The van der Waals surface area contributed by atoms with Gasteiger partial charge in [0.25, 0.3) is 11.5 Å². The van der Waals surface area contributed by atoms with Crippen molar-refractivity contribution >= 4 is 78.8 Å². The summed E-state index contributed by atoms with van der Waals surface area (Å²) in [6.45, 7) is -0.245. The van der Waals surface area contributed by atoms with Gasteiger partial charge in [0, 0.05) is 20.6 Å². The van der Waals surface area contributed by atoms with Crippen LogP contribution in [0.4, 0.5) is 5.69 Å². The van der Waals surface area contributed by atoms with E-state index in [1.165, 1.54) is 10.9 Å². The van der Waals surface area contributed by atoms with Crippen molar-refractivity contribution in [3.63, 3.8) is 0 Å². The molecule has 0 spiro atoms. The van der Waals surface area contributed by atoms with Crippen molar-refractivity contribution in [2.24, 2.45) is 5.10 Å². The van der Waals surface area contributed by atoms with Crippen LogP contribution >= 0.6 is 39.1 Å². The molecule has 1 N–H and O–H groups in total. The highest BCUT2D eigenvalue weighted by atomic mass is 79.9. The summed E-state index contributed by atoms with van der Waals surface area (Å²) in [6.07, 6.45) is 1.49. The van der Waals surface area contributed by atoms with Gasteiger partial charge >= 0.3 is 0 Å². The van der Waals surface area contributed by atoms with Crippen LogP contribution in [0.5, 0.6) is 5.75 Å². The van der Waals surface area contributed by atoms with E-state index < -0.39 is 0 Å². The normalized spacial score (nSPS) is 11.4. The maximum absolute atomic E-state index is 13.5. The van der Waals surface area contributed by atoms with E-state index in [0.29, 0.717) is 44.3 Å². The monoisotopic (exact) mass is 660 g/mol. The molecule has 2 aromatic heterocycles. The average molecular weight is 662 g/mol. The van der Waals surface area contributed by atoms with Crippen LogP contribution in [-0.2, 0) is 4.79 Å². The first-order valence-corrected chi connectivity index (χ1v) is 14.1. The number of benzene rings is 4. The second-order valence-corrected chi connectivity index (χ2v) is 10.9. The van der Waals surface area contributed by atoms with Gasteiger partial charge in [0.1, 0.15) is 11.3 Å². The summed E-state index contributed by atoms with van der Waals surface area (Å²) in [5, 5.41) is 9.28. The standard InChI is InChI=1S/C31H19BrCl2N4O4/c32-20-6-12-26-19(14-20)15-28(42-26)30-37-25-4-2-1-3-23(25)31(40)38(30)35-16-18-5-11-27(24(34)13-18)41-17-29(39)36-22-9-7-21(33)8-10-22/h1-16H,17H2,(H,36,39). The number of nitrogens with zero attached hydrogens (tertiary/aromatic N) is 3. The predicted molar refractivity (Wildman–Crippen MR) is 169 cm³/mol. The van der Waals surface area contributed by atoms with E-state index in [1.54, 1.807) is 60.7 Å². The maximum atomic E-state index is 13.5. The van der Waals surface area contributed by atoms with Crippen molar-refractivity contribution < 1.29 is 13.9 Å². The van der Waals surface area contributed by atoms with E-state index in [2.05, 4.69) is 26.3 Å². The molecular weight excluding hydrogens is 643 g/mol. The fraction of sp³-hybridized carbons (Fsp3) is 0.0323. The number of aromatic nitrogens is 2. The van der Waals surface area contributed by atoms with Gasteiger partial charge in [-0.05, 0) is 84.4 Å². The average Bonchev–Trinajstić information content (AvgIpc) is 3.40. The number of halogens is 3. The molecule has 0 aliphatic heterocycles. The molecule has 0 fully saturated rings. The minimum Gasteiger partial charge on any atom is -0.482 e. The van der Waals surface area contributed by atoms with Gasteiger partial charge in [-0.1, -0.05) is 51.3 Å². The largest absolute Gasteiger partial charge is 0.482 e. The zero-order valence-corrected chi connectivity index (χ0v) is 24.7. The second kappa shape index (κ2) is 11.8. The second-order valence-electron chi connectivity index (χ2n) is 9.14. The Hall–Kier alpha value is -4.44. The molecule has 0 radical (unpaired) electrons. The van der Waals surface area contributed by atoms with Crippen LogP contribution in [0.3, 0.4) is 0 Å². The molecule has 0 aliphatic carbocycles. The highest BCUT2D eigenvalue weighted by molar-refractivity contribution is 9.10. The molecule has 0 saturated carbocycles. The number of carbonyl (C=O) groups excluding carboxylic acids is 1. The number of anilines is 1. The number of furan rings is 1. The number of hydrogen-bond acceptors (Lipinski definition) is 6. The minimum absolute atomic E-state index is 0.245. The number of nitrogens with one attached hydrogen (secondary N) is 1. The molecule has 2 heterocycles. The first-order valence-electron chi connectivity index (χ1n) is 12.6. The molecule has 6 aromatic rings. The lowest BCUT2D eigenvalue weighted by Crippen LogP contribution is -2.20. The Morgan fingerprint density at radius 1 is 1.02 bits per heavy atom. The molecular formula is C31H19BrCl2N4O4. The van der Waals surface area contributed by atoms with Gasteiger partial charge < -0.3 is 14.5 Å². The Morgan fingerprint density at radius 3 is 2.64 bits per heavy atom. The molecule has 0 atom stereocenters. The smallest absolute Gasteiger partial charge is 0.282 e. The molecule has 6 rings (SSSR count). The number of para-hydroxylation sites is 1. The Kier molecular flexibility index (Phi) is 7.80. The lowest BCUT2D eigenvalue weighted by atomic mass is 10.2. The first-order chi connectivity index (χ1) is 20.3. The van der Waals surface area contributed by atoms with Crippen LogP contribution < -0.4 is 15.6 Å². The van der Waals surface area contributed by atoms with E-state index in [-0.39, 0.29) is 28.9 Å². The van der Waals surface area contributed by atoms with E-state index in [1.807, 2.05) is 30.3 Å². The molecule has 0 saturated heterocycles. The molecule has 0 aliphatic rings. The maximum Gasteiger partial charge on any atom is 0.282 e. The van der Waals surface area contributed by atoms with E-state index in [4.69, 9.17) is 37.3 Å². The van der Waals surface area contributed by atoms with Gasteiger partial charge in [-0.25, -0.2) is 4.98 Å². The van der Waals surface area contributed by atoms with Crippen LogP contribution in [-0.4, -0.2) is 28.4 Å². The molecule has 1 amide bonds. The number of fused-ring (bicyclic) bond motifs is 2. The fourth-order valence-electron chi connectivity index (χ4n) is 4.23. The predicted octanol–water partition coefficient (Wildman–Crippen LogP) is 7.78. The van der Waals surface area contributed by atoms with Gasteiger partial charge in [-0.3, -0.25) is 9.59 Å². The minimum atomic E-state index is -0.355. The molecule has 8 nitrogen and oxygen atoms in total. The van der Waals surface area contributed by atoms with Crippen molar-refractivity contribution in [3.05, 3.63) is 121 Å². The Labute approximate surface area is 257 Å². The van der Waals surface area contributed by atoms with Crippen LogP contribution in [0.25, 0.3) is 33.5 Å². The number of ether oxygens (including phenoxy) is 1. The quantitative estimate of drug-likeness (QED) is 0.176. The van der Waals surface area contributed by atoms with Crippen LogP contribution in [0.2, 0.25) is 10.0 Å². The SMILES string of the molecule is O=C(COc1ccc(C=Nn2c(-c3cc4cc(Br)ccc4o3)nc3ccccc3c2=O)cc1Cl)Nc1ccc(Cl)cc1. The van der Waals surface area contributed by atoms with E-state index in [0.717, 1.165) is 9.86 Å². The Balaban J connectivity index is 1.26. The van der Waals surface area contributed by atoms with Gasteiger partial charge in [0.2, 0.25) is 5.82 Å². The third-order valence-corrected chi connectivity index (χ3v) is 7.26. The summed E-state index contributed by atoms with van der Waals surface area (Å²) in [4.78, 5) is 30.5. The summed E-state index contributed by atoms with van der Waals surface area (Å²) in [6, 6.07) is 26.2. The van der Waals surface area contributed by atoms with Crippen LogP contribution in [0.1, 0.15) is 5.56 Å². The van der Waals surface area contributed by atoms with Crippen molar-refractivity contribution in [1.29, 1.82) is 0 Å². The Morgan fingerprint density at radius 2 is 1.83 bits per heavy atom. The third-order valence-electron chi connectivity index (χ3n) is 6.22. The summed E-state index contributed by atoms with van der Waals surface area (Å²) < 4.78 is 13.7. The van der Waals surface area contributed by atoms with Gasteiger partial charge in [0.05, 0.1) is 22.1 Å². The highest BCUT2D eigenvalue weighted by Gasteiger charge is 2.17. The summed E-state index contributed by atoms with van der Waals surface area (Å²) in [7, 11) is 0. The zero-order valence-electron chi connectivity index (χ0n) is 21.6. The highest BCUT2D eigenvalue weighted by Crippen LogP contribution is 2.29. The zero-order chi connectivity index (χ0) is 29.2. The van der Waals surface area contributed by atoms with Crippen molar-refractivity contribution in [1.82, 2.24) is 9.66 Å². The topological polar surface area (TPSA) is 98.7 Å². The van der Waals surface area contributed by atoms with Gasteiger partial charge in [-0.15, -0.1) is 0 Å². The van der Waals surface area contributed by atoms with Crippen molar-refractivity contribution in [2.45, 2.75) is 0 Å². The lowest BCUT2D eigenvalue weighted by molar-refractivity contribution is -0.118. The number of rotatable bonds is 7. The van der Waals surface area contributed by atoms with Crippen LogP contribution in [0.15, 0.2) is 110 Å². The molecule has 208 valence electrons. The molecule has 0 unspecified atom stereocenters. The molecule has 42 heavy (non-hydrogen) atoms. The van der Waals surface area contributed by atoms with Crippen LogP contribution in [0, 0.1) is 0 Å². The van der Waals surface area contributed by atoms with Crippen molar-refractivity contribution in [3.8, 4) is 17.3 Å². The number of carbonyl (C=O) groups is 1. The Bertz CT molecular complexity index is 2060. The summed E-state index contributed by atoms with van der Waals surface area (Å²) in [5.41, 5.74) is 2.01. The molecule has 4 aromatic carbocycles. The summed E-state index contributed by atoms with van der Waals surface area (Å²) in [5.74, 6) is 0.605. The number of amides is 1. The fourth-order valence-corrected chi connectivity index (χ4v) is 4.98. The third kappa shape index (κ3) is 5.94. The summed E-state index contributed by atoms with van der Waals surface area (Å²) >= 11 is 15.8. The van der Waals surface area contributed by atoms with E-state index in [9.17, 15) is 9.59 Å². The first kappa shape index (κ1) is 27.7. The molecule has 11 heteroatoms. The van der Waals surface area contributed by atoms with Gasteiger partial charge in [0.15, 0.2) is 12.4 Å². The number of hydrogen-bond donors (Lipinski definition) is 1. The van der Waals surface area contributed by atoms with Gasteiger partial charge in [-0.2, -0.15) is 9.78 Å². The molecule has 0 bridgehead atoms. The lowest BCUT2D eigenvalue weighted by Gasteiger charge is -2.10. The van der Waals surface area contributed by atoms with Crippen molar-refractivity contribution in [2.75, 3.05) is 11.9 Å².